The molecule has 1 saturated carbocycles. The second kappa shape index (κ2) is 6.49. The van der Waals surface area contributed by atoms with Gasteiger partial charge in [-0.1, -0.05) is 19.1 Å². The van der Waals surface area contributed by atoms with Crippen LogP contribution < -0.4 is 0 Å². The third kappa shape index (κ3) is 4.18. The van der Waals surface area contributed by atoms with Crippen LogP contribution in [-0.4, -0.2) is 30.3 Å². The fourth-order valence-corrected chi connectivity index (χ4v) is 2.24. The van der Waals surface area contributed by atoms with Gasteiger partial charge in [0.25, 0.3) is 0 Å². The van der Waals surface area contributed by atoms with Gasteiger partial charge in [0.1, 0.15) is 0 Å². The largest absolute Gasteiger partial charge is 0.296 e. The van der Waals surface area contributed by atoms with Crippen molar-refractivity contribution >= 4 is 5.78 Å². The molecule has 0 atom stereocenters. The number of nitrogens with zero attached hydrogens (tertiary/aromatic N) is 2. The quantitative estimate of drug-likeness (QED) is 0.705. The molecule has 1 aliphatic carbocycles. The van der Waals surface area contributed by atoms with Crippen molar-refractivity contribution in [3.63, 3.8) is 0 Å². The molecule has 0 amide bonds. The number of carbonyl (C=O) groups excluding carboxylic acids is 1. The Morgan fingerprint density at radius 3 is 2.58 bits per heavy atom. The van der Waals surface area contributed by atoms with Crippen molar-refractivity contribution in [3.05, 3.63) is 35.4 Å². The maximum Gasteiger partial charge on any atom is 0.176 e. The molecule has 1 aromatic rings. The number of nitriles is 1. The standard InChI is InChI=1S/C16H20N2O/c1-2-9-18(11-14-3-4-14)12-16(19)15-7-5-13(10-17)6-8-15/h5-8,14H,2-4,9,11-12H2,1H3. The zero-order valence-electron chi connectivity index (χ0n) is 11.4. The summed E-state index contributed by atoms with van der Waals surface area (Å²) in [6.07, 6.45) is 3.70. The van der Waals surface area contributed by atoms with Crippen molar-refractivity contribution in [2.45, 2.75) is 26.2 Å². The Hall–Kier alpha value is -1.66. The summed E-state index contributed by atoms with van der Waals surface area (Å²) < 4.78 is 0. The molecule has 0 spiro atoms. The van der Waals surface area contributed by atoms with Gasteiger partial charge in [0.05, 0.1) is 18.2 Å². The molecular weight excluding hydrogens is 236 g/mol. The molecule has 0 radical (unpaired) electrons. The maximum atomic E-state index is 12.2. The van der Waals surface area contributed by atoms with E-state index < -0.39 is 0 Å². The lowest BCUT2D eigenvalue weighted by molar-refractivity contribution is 0.0927. The van der Waals surface area contributed by atoms with Gasteiger partial charge >= 0.3 is 0 Å². The molecule has 2 rings (SSSR count). The highest BCUT2D eigenvalue weighted by atomic mass is 16.1. The topological polar surface area (TPSA) is 44.1 Å². The molecule has 0 unspecified atom stereocenters. The lowest BCUT2D eigenvalue weighted by Crippen LogP contribution is -2.32. The Morgan fingerprint density at radius 1 is 1.37 bits per heavy atom. The van der Waals surface area contributed by atoms with Crippen molar-refractivity contribution in [2.24, 2.45) is 5.92 Å². The van der Waals surface area contributed by atoms with Crippen molar-refractivity contribution in [3.8, 4) is 6.07 Å². The smallest absolute Gasteiger partial charge is 0.176 e. The van der Waals surface area contributed by atoms with E-state index in [4.69, 9.17) is 5.26 Å². The number of rotatable bonds is 7. The van der Waals surface area contributed by atoms with Crippen LogP contribution in [0.3, 0.4) is 0 Å². The van der Waals surface area contributed by atoms with Gasteiger partial charge in [-0.3, -0.25) is 9.69 Å². The molecule has 0 aliphatic heterocycles. The average molecular weight is 256 g/mol. The zero-order chi connectivity index (χ0) is 13.7. The van der Waals surface area contributed by atoms with E-state index in [9.17, 15) is 4.79 Å². The highest BCUT2D eigenvalue weighted by molar-refractivity contribution is 5.97. The van der Waals surface area contributed by atoms with Gasteiger partial charge in [0.15, 0.2) is 5.78 Å². The van der Waals surface area contributed by atoms with Crippen LogP contribution in [0.1, 0.15) is 42.1 Å². The Kier molecular flexibility index (Phi) is 4.70. The first-order valence-electron chi connectivity index (χ1n) is 6.98. The molecule has 0 heterocycles. The normalized spacial score (nSPS) is 14.4. The molecule has 1 aliphatic rings. The summed E-state index contributed by atoms with van der Waals surface area (Å²) in [4.78, 5) is 14.5. The van der Waals surface area contributed by atoms with Crippen molar-refractivity contribution in [2.75, 3.05) is 19.6 Å². The predicted octanol–water partition coefficient (Wildman–Crippen LogP) is 2.86. The molecule has 3 heteroatoms. The summed E-state index contributed by atoms with van der Waals surface area (Å²) in [5.41, 5.74) is 1.30. The summed E-state index contributed by atoms with van der Waals surface area (Å²) in [5.74, 6) is 0.957. The first-order chi connectivity index (χ1) is 9.22. The summed E-state index contributed by atoms with van der Waals surface area (Å²) in [5, 5.41) is 8.75. The molecule has 19 heavy (non-hydrogen) atoms. The van der Waals surface area contributed by atoms with E-state index >= 15 is 0 Å². The summed E-state index contributed by atoms with van der Waals surface area (Å²) >= 11 is 0. The van der Waals surface area contributed by atoms with E-state index in [0.29, 0.717) is 17.7 Å². The molecule has 3 nitrogen and oxygen atoms in total. The lowest BCUT2D eigenvalue weighted by Gasteiger charge is -2.20. The minimum atomic E-state index is 0.151. The molecule has 0 N–H and O–H groups in total. The van der Waals surface area contributed by atoms with Gasteiger partial charge in [-0.05, 0) is 43.9 Å². The Balaban J connectivity index is 1.94. The molecule has 100 valence electrons. The van der Waals surface area contributed by atoms with Gasteiger partial charge in [-0.25, -0.2) is 0 Å². The number of hydrogen-bond acceptors (Lipinski definition) is 3. The first kappa shape index (κ1) is 13.8. The van der Waals surface area contributed by atoms with Crippen LogP contribution in [0, 0.1) is 17.2 Å². The number of carbonyl (C=O) groups is 1. The van der Waals surface area contributed by atoms with Crippen LogP contribution in [-0.2, 0) is 0 Å². The van der Waals surface area contributed by atoms with Gasteiger partial charge in [-0.15, -0.1) is 0 Å². The van der Waals surface area contributed by atoms with Gasteiger partial charge < -0.3 is 0 Å². The third-order valence-electron chi connectivity index (χ3n) is 3.46. The Labute approximate surface area is 114 Å². The first-order valence-corrected chi connectivity index (χ1v) is 6.98. The van der Waals surface area contributed by atoms with Crippen LogP contribution in [0.15, 0.2) is 24.3 Å². The van der Waals surface area contributed by atoms with Crippen LogP contribution in [0.25, 0.3) is 0 Å². The second-order valence-corrected chi connectivity index (χ2v) is 5.29. The van der Waals surface area contributed by atoms with E-state index in [2.05, 4.69) is 17.9 Å². The molecular formula is C16H20N2O. The fourth-order valence-electron chi connectivity index (χ4n) is 2.24. The predicted molar refractivity (Wildman–Crippen MR) is 74.9 cm³/mol. The second-order valence-electron chi connectivity index (χ2n) is 5.29. The van der Waals surface area contributed by atoms with E-state index in [0.717, 1.165) is 25.4 Å². The summed E-state index contributed by atoms with van der Waals surface area (Å²) in [6, 6.07) is 8.98. The monoisotopic (exact) mass is 256 g/mol. The number of Topliss-reactive ketones (excluding diaryl/α,β-unsaturated/α-hetero) is 1. The molecule has 1 aromatic carbocycles. The van der Waals surface area contributed by atoms with E-state index in [-0.39, 0.29) is 5.78 Å². The van der Waals surface area contributed by atoms with E-state index in [1.54, 1.807) is 24.3 Å². The number of ketones is 1. The minimum absolute atomic E-state index is 0.151. The average Bonchev–Trinajstić information content (AvgIpc) is 3.23. The molecule has 1 fully saturated rings. The van der Waals surface area contributed by atoms with Crippen LogP contribution in [0.2, 0.25) is 0 Å². The van der Waals surface area contributed by atoms with Crippen molar-refractivity contribution < 1.29 is 4.79 Å². The number of hydrogen-bond donors (Lipinski definition) is 0. The van der Waals surface area contributed by atoms with Crippen molar-refractivity contribution in [1.82, 2.24) is 4.90 Å². The van der Waals surface area contributed by atoms with Crippen molar-refractivity contribution in [1.29, 1.82) is 5.26 Å². The zero-order valence-corrected chi connectivity index (χ0v) is 11.4. The minimum Gasteiger partial charge on any atom is -0.296 e. The van der Waals surface area contributed by atoms with Gasteiger partial charge in [-0.2, -0.15) is 5.26 Å². The molecule has 0 aromatic heterocycles. The van der Waals surface area contributed by atoms with Crippen LogP contribution >= 0.6 is 0 Å². The summed E-state index contributed by atoms with van der Waals surface area (Å²) in [6.45, 7) is 4.68. The number of benzene rings is 1. The molecule has 0 bridgehead atoms. The highest BCUT2D eigenvalue weighted by Crippen LogP contribution is 2.29. The maximum absolute atomic E-state index is 12.2. The van der Waals surface area contributed by atoms with Gasteiger partial charge in [0.2, 0.25) is 0 Å². The van der Waals surface area contributed by atoms with E-state index in [1.165, 1.54) is 12.8 Å². The Morgan fingerprint density at radius 2 is 2.05 bits per heavy atom. The lowest BCUT2D eigenvalue weighted by atomic mass is 10.1. The van der Waals surface area contributed by atoms with E-state index in [1.807, 2.05) is 0 Å². The van der Waals surface area contributed by atoms with Crippen LogP contribution in [0.4, 0.5) is 0 Å². The summed E-state index contributed by atoms with van der Waals surface area (Å²) in [7, 11) is 0. The van der Waals surface area contributed by atoms with Crippen LogP contribution in [0.5, 0.6) is 0 Å². The fraction of sp³-hybridized carbons (Fsp3) is 0.500. The third-order valence-corrected chi connectivity index (χ3v) is 3.46. The Bertz CT molecular complexity index is 469. The highest BCUT2D eigenvalue weighted by Gasteiger charge is 2.25. The van der Waals surface area contributed by atoms with Gasteiger partial charge in [0, 0.05) is 12.1 Å². The SMILES string of the molecule is CCCN(CC(=O)c1ccc(C#N)cc1)CC1CC1. The molecule has 0 saturated heterocycles.